The second kappa shape index (κ2) is 8.88. The van der Waals surface area contributed by atoms with Gasteiger partial charge in [-0.3, -0.25) is 14.6 Å². The minimum Gasteiger partial charge on any atom is -0.420 e. The third kappa shape index (κ3) is 4.89. The van der Waals surface area contributed by atoms with E-state index >= 15 is 0 Å². The van der Waals surface area contributed by atoms with E-state index < -0.39 is 0 Å². The van der Waals surface area contributed by atoms with E-state index in [0.29, 0.717) is 29.6 Å². The molecule has 0 bridgehead atoms. The molecule has 0 aliphatic rings. The van der Waals surface area contributed by atoms with Crippen molar-refractivity contribution in [2.75, 3.05) is 7.05 Å². The molecule has 28 heavy (non-hydrogen) atoms. The molecule has 8 heteroatoms. The molecule has 3 heterocycles. The second-order valence-electron chi connectivity index (χ2n) is 6.48. The van der Waals surface area contributed by atoms with Gasteiger partial charge < -0.3 is 9.32 Å². The number of ketones is 1. The Hall–Kier alpha value is -2.87. The maximum atomic E-state index is 12.4. The lowest BCUT2D eigenvalue weighted by Crippen LogP contribution is -2.26. The minimum absolute atomic E-state index is 0.00319. The van der Waals surface area contributed by atoms with Crippen molar-refractivity contribution in [3.05, 3.63) is 52.5 Å². The molecule has 0 atom stereocenters. The normalized spacial score (nSPS) is 10.8. The molecule has 0 saturated carbocycles. The highest BCUT2D eigenvalue weighted by molar-refractivity contribution is 7.17. The van der Waals surface area contributed by atoms with Crippen LogP contribution in [-0.2, 0) is 24.2 Å². The Morgan fingerprint density at radius 1 is 1.18 bits per heavy atom. The number of Topliss-reactive ketones (excluding diaryl/α,β-unsaturated/α-hetero) is 1. The lowest BCUT2D eigenvalue weighted by atomic mass is 10.2. The predicted molar refractivity (Wildman–Crippen MR) is 106 cm³/mol. The average Bonchev–Trinajstić information content (AvgIpc) is 3.36. The van der Waals surface area contributed by atoms with Gasteiger partial charge >= 0.3 is 0 Å². The molecule has 0 N–H and O–H groups in total. The summed E-state index contributed by atoms with van der Waals surface area (Å²) in [5.41, 5.74) is 2.03. The van der Waals surface area contributed by atoms with Gasteiger partial charge in [0.25, 0.3) is 5.89 Å². The molecule has 1 amide bonds. The van der Waals surface area contributed by atoms with Crippen molar-refractivity contribution in [1.29, 1.82) is 0 Å². The number of aromatic nitrogens is 3. The summed E-state index contributed by atoms with van der Waals surface area (Å²) >= 11 is 1.31. The van der Waals surface area contributed by atoms with E-state index in [-0.39, 0.29) is 18.1 Å². The zero-order valence-electron chi connectivity index (χ0n) is 16.1. The van der Waals surface area contributed by atoms with Gasteiger partial charge in [-0.15, -0.1) is 21.5 Å². The zero-order valence-corrected chi connectivity index (χ0v) is 17.0. The van der Waals surface area contributed by atoms with Crippen molar-refractivity contribution in [1.82, 2.24) is 20.1 Å². The van der Waals surface area contributed by atoms with Crippen LogP contribution in [0.4, 0.5) is 0 Å². The number of aryl methyl sites for hydroxylation is 2. The number of rotatable bonds is 8. The Balaban J connectivity index is 1.53. The molecule has 146 valence electrons. The molecule has 7 nitrogen and oxygen atoms in total. The van der Waals surface area contributed by atoms with Crippen molar-refractivity contribution in [2.45, 2.75) is 39.7 Å². The van der Waals surface area contributed by atoms with Gasteiger partial charge in [0.15, 0.2) is 5.78 Å². The number of carbonyl (C=O) groups excluding carboxylic acids is 2. The third-order valence-electron chi connectivity index (χ3n) is 4.30. The van der Waals surface area contributed by atoms with Crippen molar-refractivity contribution >= 4 is 23.0 Å². The Morgan fingerprint density at radius 3 is 2.64 bits per heavy atom. The summed E-state index contributed by atoms with van der Waals surface area (Å²) < 4.78 is 5.63. The molecule has 0 radical (unpaired) electrons. The molecular weight excluding hydrogens is 376 g/mol. The fraction of sp³-hybridized carbons (Fsp3) is 0.350. The number of hydrogen-bond acceptors (Lipinski definition) is 7. The van der Waals surface area contributed by atoms with E-state index in [2.05, 4.69) is 22.1 Å². The number of thiophene rings is 1. The predicted octanol–water partition coefficient (Wildman–Crippen LogP) is 3.55. The van der Waals surface area contributed by atoms with Crippen LogP contribution in [0.25, 0.3) is 10.8 Å². The van der Waals surface area contributed by atoms with Crippen molar-refractivity contribution < 1.29 is 14.0 Å². The van der Waals surface area contributed by atoms with E-state index in [9.17, 15) is 9.59 Å². The molecule has 0 unspecified atom stereocenters. The highest BCUT2D eigenvalue weighted by Crippen LogP contribution is 2.27. The Kier molecular flexibility index (Phi) is 6.30. The minimum atomic E-state index is -0.0175. The van der Waals surface area contributed by atoms with Crippen LogP contribution >= 0.6 is 11.3 Å². The van der Waals surface area contributed by atoms with Gasteiger partial charge in [-0.1, -0.05) is 13.0 Å². The molecule has 0 fully saturated rings. The highest BCUT2D eigenvalue weighted by atomic mass is 32.1. The lowest BCUT2D eigenvalue weighted by molar-refractivity contribution is -0.130. The summed E-state index contributed by atoms with van der Waals surface area (Å²) in [7, 11) is 1.76. The van der Waals surface area contributed by atoms with Crippen LogP contribution in [0.1, 0.15) is 47.1 Å². The van der Waals surface area contributed by atoms with E-state index in [1.54, 1.807) is 24.1 Å². The summed E-state index contributed by atoms with van der Waals surface area (Å²) in [6, 6.07) is 7.51. The number of hydrogen-bond donors (Lipinski definition) is 0. The first-order valence-corrected chi connectivity index (χ1v) is 9.89. The molecule has 3 aromatic rings. The molecule has 0 aromatic carbocycles. The van der Waals surface area contributed by atoms with Gasteiger partial charge in [0.05, 0.1) is 22.0 Å². The van der Waals surface area contributed by atoms with Gasteiger partial charge in [0.2, 0.25) is 11.8 Å². The van der Waals surface area contributed by atoms with Gasteiger partial charge in [0.1, 0.15) is 0 Å². The molecule has 0 aliphatic carbocycles. The zero-order chi connectivity index (χ0) is 20.1. The Labute approximate surface area is 167 Å². The Morgan fingerprint density at radius 2 is 2.00 bits per heavy atom. The number of nitrogens with zero attached hydrogens (tertiary/aromatic N) is 4. The van der Waals surface area contributed by atoms with Gasteiger partial charge in [-0.2, -0.15) is 0 Å². The van der Waals surface area contributed by atoms with Crippen LogP contribution in [0.15, 0.2) is 34.9 Å². The van der Waals surface area contributed by atoms with Gasteiger partial charge in [0, 0.05) is 26.1 Å². The van der Waals surface area contributed by atoms with Crippen LogP contribution in [0.5, 0.6) is 0 Å². The summed E-state index contributed by atoms with van der Waals surface area (Å²) in [5.74, 6) is 0.757. The number of pyridine rings is 1. The highest BCUT2D eigenvalue weighted by Gasteiger charge is 2.15. The largest absolute Gasteiger partial charge is 0.420 e. The van der Waals surface area contributed by atoms with Crippen LogP contribution < -0.4 is 0 Å². The molecule has 0 spiro atoms. The smallest absolute Gasteiger partial charge is 0.257 e. The Bertz CT molecular complexity index is 962. The maximum Gasteiger partial charge on any atom is 0.257 e. The SMILES string of the molecule is CCc1ccc(CN(C)C(=O)CCc2nnc(-c3ccc(C(C)=O)s3)o2)nc1. The van der Waals surface area contributed by atoms with E-state index in [0.717, 1.165) is 17.0 Å². The monoisotopic (exact) mass is 398 g/mol. The quantitative estimate of drug-likeness (QED) is 0.539. The second-order valence-corrected chi connectivity index (χ2v) is 7.57. The van der Waals surface area contributed by atoms with E-state index in [1.807, 2.05) is 18.3 Å². The van der Waals surface area contributed by atoms with Gasteiger partial charge in [-0.25, -0.2) is 0 Å². The third-order valence-corrected chi connectivity index (χ3v) is 5.48. The first kappa shape index (κ1) is 19.9. The fourth-order valence-electron chi connectivity index (χ4n) is 2.59. The lowest BCUT2D eigenvalue weighted by Gasteiger charge is -2.16. The molecule has 0 aliphatic heterocycles. The topological polar surface area (TPSA) is 89.2 Å². The summed E-state index contributed by atoms with van der Waals surface area (Å²) in [4.78, 5) is 31.2. The van der Waals surface area contributed by atoms with E-state index in [4.69, 9.17) is 4.42 Å². The van der Waals surface area contributed by atoms with Crippen LogP contribution in [0.3, 0.4) is 0 Å². The molecule has 0 saturated heterocycles. The number of amides is 1. The number of carbonyl (C=O) groups is 2. The van der Waals surface area contributed by atoms with E-state index in [1.165, 1.54) is 23.8 Å². The molecule has 3 aromatic heterocycles. The first-order chi connectivity index (χ1) is 13.5. The standard InChI is InChI=1S/C20H22N4O3S/c1-4-14-5-6-15(21-11-14)12-24(3)19(26)10-9-18-22-23-20(27-18)17-8-7-16(28-17)13(2)25/h5-8,11H,4,9-10,12H2,1-3H3. The van der Waals surface area contributed by atoms with Crippen LogP contribution in [0.2, 0.25) is 0 Å². The summed E-state index contributed by atoms with van der Waals surface area (Å²) in [6.07, 6.45) is 3.42. The van der Waals surface area contributed by atoms with Crippen LogP contribution in [-0.4, -0.2) is 38.8 Å². The summed E-state index contributed by atoms with van der Waals surface area (Å²) in [5, 5.41) is 8.02. The summed E-state index contributed by atoms with van der Waals surface area (Å²) in [6.45, 7) is 4.06. The first-order valence-electron chi connectivity index (χ1n) is 9.07. The molecular formula is C20H22N4O3S. The fourth-order valence-corrected chi connectivity index (χ4v) is 3.41. The van der Waals surface area contributed by atoms with Crippen molar-refractivity contribution in [3.63, 3.8) is 0 Å². The maximum absolute atomic E-state index is 12.4. The van der Waals surface area contributed by atoms with Crippen molar-refractivity contribution in [3.8, 4) is 10.8 Å². The average molecular weight is 398 g/mol. The van der Waals surface area contributed by atoms with Crippen molar-refractivity contribution in [2.24, 2.45) is 0 Å². The van der Waals surface area contributed by atoms with Gasteiger partial charge in [-0.05, 0) is 37.1 Å². The van der Waals surface area contributed by atoms with Crippen LogP contribution in [0, 0.1) is 0 Å². The molecule has 3 rings (SSSR count).